The van der Waals surface area contributed by atoms with Gasteiger partial charge in [-0.05, 0) is 46.3 Å². The van der Waals surface area contributed by atoms with Crippen molar-refractivity contribution >= 4 is 43.7 Å². The lowest BCUT2D eigenvalue weighted by molar-refractivity contribution is -0.129. The first kappa shape index (κ1) is 18.5. The lowest BCUT2D eigenvalue weighted by atomic mass is 10.2. The van der Waals surface area contributed by atoms with Gasteiger partial charge in [-0.2, -0.15) is 0 Å². The van der Waals surface area contributed by atoms with Crippen molar-refractivity contribution in [3.63, 3.8) is 0 Å². The van der Waals surface area contributed by atoms with Gasteiger partial charge in [0, 0.05) is 23.6 Å². The molecule has 6 nitrogen and oxygen atoms in total. The van der Waals surface area contributed by atoms with Crippen LogP contribution in [0.25, 0.3) is 0 Å². The predicted molar refractivity (Wildman–Crippen MR) is 95.9 cm³/mol. The molecule has 2 amide bonds. The monoisotopic (exact) mass is 458 g/mol. The van der Waals surface area contributed by atoms with Crippen LogP contribution in [0, 0.1) is 0 Å². The number of nitrogens with zero attached hydrogens (tertiary/aromatic N) is 1. The Morgan fingerprint density at radius 1 is 1.25 bits per heavy atom. The molecule has 0 radical (unpaired) electrons. The average molecular weight is 460 g/mol. The molecule has 24 heavy (non-hydrogen) atoms. The van der Waals surface area contributed by atoms with E-state index in [1.165, 1.54) is 11.0 Å². The van der Waals surface area contributed by atoms with Crippen LogP contribution in [0.3, 0.4) is 0 Å². The molecule has 0 saturated carbocycles. The van der Waals surface area contributed by atoms with Crippen molar-refractivity contribution in [2.24, 2.45) is 0 Å². The minimum atomic E-state index is -0.442. The van der Waals surface area contributed by atoms with Gasteiger partial charge in [-0.15, -0.1) is 0 Å². The van der Waals surface area contributed by atoms with Gasteiger partial charge in [0.1, 0.15) is 5.75 Å². The van der Waals surface area contributed by atoms with E-state index in [1.54, 1.807) is 20.2 Å². The first-order valence-corrected chi connectivity index (χ1v) is 8.59. The Hall–Kier alpha value is -1.80. The van der Waals surface area contributed by atoms with E-state index in [0.717, 1.165) is 10.0 Å². The Kier molecular flexibility index (Phi) is 6.44. The highest BCUT2D eigenvalue weighted by Gasteiger charge is 2.15. The average Bonchev–Trinajstić information content (AvgIpc) is 2.99. The zero-order valence-corrected chi connectivity index (χ0v) is 16.3. The second-order valence-electron chi connectivity index (χ2n) is 4.99. The minimum Gasteiger partial charge on any atom is -0.496 e. The number of hydrogen-bond donors (Lipinski definition) is 1. The third kappa shape index (κ3) is 4.85. The number of methoxy groups -OCH3 is 1. The Bertz CT molecular complexity index is 745. The molecule has 1 heterocycles. The number of halogens is 2. The van der Waals surface area contributed by atoms with E-state index in [1.807, 2.05) is 18.2 Å². The van der Waals surface area contributed by atoms with Crippen LogP contribution in [0.15, 0.2) is 43.9 Å². The van der Waals surface area contributed by atoms with Crippen LogP contribution in [0.2, 0.25) is 0 Å². The fraction of sp³-hybridized carbons (Fsp3) is 0.250. The topological polar surface area (TPSA) is 71.8 Å². The van der Waals surface area contributed by atoms with E-state index in [-0.39, 0.29) is 18.2 Å². The quantitative estimate of drug-likeness (QED) is 0.719. The summed E-state index contributed by atoms with van der Waals surface area (Å²) in [6.07, 6.45) is 0. The molecular formula is C16H16Br2N2O4. The molecule has 0 aliphatic rings. The first-order chi connectivity index (χ1) is 11.4. The number of hydrogen-bond acceptors (Lipinski definition) is 4. The molecule has 0 unspecified atom stereocenters. The van der Waals surface area contributed by atoms with E-state index >= 15 is 0 Å². The molecule has 0 bridgehead atoms. The fourth-order valence-corrected chi connectivity index (χ4v) is 2.74. The van der Waals surface area contributed by atoms with Crippen LogP contribution in [0.4, 0.5) is 0 Å². The van der Waals surface area contributed by atoms with Gasteiger partial charge >= 0.3 is 0 Å². The van der Waals surface area contributed by atoms with Gasteiger partial charge in [-0.1, -0.05) is 15.9 Å². The molecule has 8 heteroatoms. The normalized spacial score (nSPS) is 10.3. The van der Waals surface area contributed by atoms with Crippen molar-refractivity contribution in [2.45, 2.75) is 6.54 Å². The standard InChI is InChI=1S/C16H16Br2N2O4/c1-20(9-10-7-11(17)3-4-12(10)23-2)15(21)8-19-16(22)13-5-6-14(18)24-13/h3-7H,8-9H2,1-2H3,(H,19,22). The second kappa shape index (κ2) is 8.34. The summed E-state index contributed by atoms with van der Waals surface area (Å²) in [5.74, 6) is 0.173. The number of likely N-dealkylation sites (N-methyl/N-ethyl adjacent to an activating group) is 1. The van der Waals surface area contributed by atoms with Gasteiger partial charge in [-0.3, -0.25) is 9.59 Å². The lowest BCUT2D eigenvalue weighted by Gasteiger charge is -2.19. The first-order valence-electron chi connectivity index (χ1n) is 7.00. The van der Waals surface area contributed by atoms with Crippen LogP contribution < -0.4 is 10.1 Å². The maximum atomic E-state index is 12.2. The van der Waals surface area contributed by atoms with Crippen molar-refractivity contribution in [2.75, 3.05) is 20.7 Å². The molecule has 0 saturated heterocycles. The van der Waals surface area contributed by atoms with E-state index in [0.29, 0.717) is 17.0 Å². The van der Waals surface area contributed by atoms with Gasteiger partial charge < -0.3 is 19.4 Å². The zero-order chi connectivity index (χ0) is 17.7. The van der Waals surface area contributed by atoms with E-state index < -0.39 is 5.91 Å². The summed E-state index contributed by atoms with van der Waals surface area (Å²) < 4.78 is 11.8. The SMILES string of the molecule is COc1ccc(Br)cc1CN(C)C(=O)CNC(=O)c1ccc(Br)o1. The van der Waals surface area contributed by atoms with Gasteiger partial charge in [0.05, 0.1) is 13.7 Å². The molecule has 2 rings (SSSR count). The molecule has 0 atom stereocenters. The Labute approximate surface area is 156 Å². The number of rotatable bonds is 6. The molecule has 2 aromatic rings. The number of furan rings is 1. The van der Waals surface area contributed by atoms with Crippen LogP contribution >= 0.6 is 31.9 Å². The van der Waals surface area contributed by atoms with Crippen LogP contribution in [-0.2, 0) is 11.3 Å². The number of benzene rings is 1. The Morgan fingerprint density at radius 2 is 2.00 bits per heavy atom. The van der Waals surface area contributed by atoms with E-state index in [9.17, 15) is 9.59 Å². The Morgan fingerprint density at radius 3 is 2.62 bits per heavy atom. The molecule has 0 fully saturated rings. The maximum Gasteiger partial charge on any atom is 0.287 e. The number of carbonyl (C=O) groups is 2. The molecular weight excluding hydrogens is 444 g/mol. The van der Waals surface area contributed by atoms with Gasteiger partial charge in [0.25, 0.3) is 5.91 Å². The zero-order valence-electron chi connectivity index (χ0n) is 13.1. The summed E-state index contributed by atoms with van der Waals surface area (Å²) in [6, 6.07) is 8.73. The van der Waals surface area contributed by atoms with Crippen molar-refractivity contribution in [3.05, 3.63) is 50.8 Å². The molecule has 1 N–H and O–H groups in total. The summed E-state index contributed by atoms with van der Waals surface area (Å²) in [5.41, 5.74) is 0.865. The largest absolute Gasteiger partial charge is 0.496 e. The van der Waals surface area contributed by atoms with E-state index in [4.69, 9.17) is 9.15 Å². The number of amides is 2. The molecule has 0 spiro atoms. The van der Waals surface area contributed by atoms with Crippen LogP contribution in [0.1, 0.15) is 16.1 Å². The summed E-state index contributed by atoms with van der Waals surface area (Å²) in [6.45, 7) is 0.244. The molecule has 128 valence electrons. The summed E-state index contributed by atoms with van der Waals surface area (Å²) >= 11 is 6.52. The van der Waals surface area contributed by atoms with Gasteiger partial charge in [0.2, 0.25) is 5.91 Å². The molecule has 0 aliphatic carbocycles. The minimum absolute atomic E-state index is 0.121. The Balaban J connectivity index is 1.93. The summed E-state index contributed by atoms with van der Waals surface area (Å²) in [7, 11) is 3.24. The molecule has 1 aromatic carbocycles. The van der Waals surface area contributed by atoms with Crippen molar-refractivity contribution in [1.29, 1.82) is 0 Å². The number of carbonyl (C=O) groups excluding carboxylic acids is 2. The van der Waals surface area contributed by atoms with Crippen molar-refractivity contribution < 1.29 is 18.7 Å². The fourth-order valence-electron chi connectivity index (χ4n) is 2.03. The maximum absolute atomic E-state index is 12.2. The summed E-state index contributed by atoms with van der Waals surface area (Å²) in [5, 5.41) is 2.53. The van der Waals surface area contributed by atoms with Gasteiger partial charge in [-0.25, -0.2) is 0 Å². The highest BCUT2D eigenvalue weighted by molar-refractivity contribution is 9.10. The second-order valence-corrected chi connectivity index (χ2v) is 6.69. The third-order valence-corrected chi connectivity index (χ3v) is 4.19. The smallest absolute Gasteiger partial charge is 0.287 e. The molecule has 1 aromatic heterocycles. The predicted octanol–water partition coefficient (Wildman–Crippen LogP) is 3.20. The van der Waals surface area contributed by atoms with Crippen LogP contribution in [0.5, 0.6) is 5.75 Å². The third-order valence-electron chi connectivity index (χ3n) is 3.27. The summed E-state index contributed by atoms with van der Waals surface area (Å²) in [4.78, 5) is 25.6. The van der Waals surface area contributed by atoms with Crippen molar-refractivity contribution in [3.8, 4) is 5.75 Å². The molecule has 0 aliphatic heterocycles. The highest BCUT2D eigenvalue weighted by atomic mass is 79.9. The lowest BCUT2D eigenvalue weighted by Crippen LogP contribution is -2.37. The number of ether oxygens (including phenoxy) is 1. The number of nitrogens with one attached hydrogen (secondary N) is 1. The van der Waals surface area contributed by atoms with E-state index in [2.05, 4.69) is 37.2 Å². The van der Waals surface area contributed by atoms with Crippen LogP contribution in [-0.4, -0.2) is 37.4 Å². The highest BCUT2D eigenvalue weighted by Crippen LogP contribution is 2.24. The van der Waals surface area contributed by atoms with Crippen molar-refractivity contribution in [1.82, 2.24) is 10.2 Å². The van der Waals surface area contributed by atoms with Gasteiger partial charge in [0.15, 0.2) is 10.4 Å².